The number of alkyl halides is 1. The summed E-state index contributed by atoms with van der Waals surface area (Å²) in [5.41, 5.74) is 9.76. The average Bonchev–Trinajstić information content (AvgIpc) is 3.21. The maximum atomic E-state index is 12.5. The van der Waals surface area contributed by atoms with E-state index in [1.807, 2.05) is 19.2 Å². The molecule has 5 N–H and O–H groups in total. The molecule has 0 bridgehead atoms. The Balaban J connectivity index is 1.60. The van der Waals surface area contributed by atoms with E-state index in [9.17, 15) is 9.18 Å². The number of rotatable bonds is 10. The highest BCUT2D eigenvalue weighted by molar-refractivity contribution is 5.88. The van der Waals surface area contributed by atoms with Crippen LogP contribution in [0.1, 0.15) is 33.1 Å². The highest BCUT2D eigenvalue weighted by Crippen LogP contribution is 2.35. The van der Waals surface area contributed by atoms with Gasteiger partial charge in [-0.1, -0.05) is 0 Å². The molecule has 0 spiro atoms. The fourth-order valence-electron chi connectivity index (χ4n) is 4.40. The lowest BCUT2D eigenvalue weighted by molar-refractivity contribution is -0.121. The van der Waals surface area contributed by atoms with E-state index in [0.717, 1.165) is 23.9 Å². The van der Waals surface area contributed by atoms with Gasteiger partial charge in [0, 0.05) is 43.9 Å². The molecule has 12 heteroatoms. The summed E-state index contributed by atoms with van der Waals surface area (Å²) in [6, 6.07) is 5.55. The summed E-state index contributed by atoms with van der Waals surface area (Å²) in [6.45, 7) is 3.52. The molecule has 1 amide bonds. The van der Waals surface area contributed by atoms with E-state index in [0.29, 0.717) is 41.9 Å². The van der Waals surface area contributed by atoms with Crippen molar-refractivity contribution in [1.82, 2.24) is 24.9 Å². The van der Waals surface area contributed by atoms with Crippen molar-refractivity contribution in [2.24, 2.45) is 5.11 Å². The van der Waals surface area contributed by atoms with Gasteiger partial charge >= 0.3 is 0 Å². The molecular formula is C22H29FN10O. The SMILES string of the molecule is CNc1nc(NC2CC(C)(NC(C)=O)C2)nn2ccc(-c3ccc(N=N)c(NCCCF)n3)c12. The summed E-state index contributed by atoms with van der Waals surface area (Å²) >= 11 is 0. The summed E-state index contributed by atoms with van der Waals surface area (Å²) < 4.78 is 14.2. The lowest BCUT2D eigenvalue weighted by atomic mass is 9.74. The van der Waals surface area contributed by atoms with Crippen LogP contribution in [0.4, 0.5) is 27.7 Å². The summed E-state index contributed by atoms with van der Waals surface area (Å²) in [4.78, 5) is 20.7. The highest BCUT2D eigenvalue weighted by Gasteiger charge is 2.41. The molecule has 1 fully saturated rings. The Morgan fingerprint density at radius 1 is 1.29 bits per heavy atom. The zero-order chi connectivity index (χ0) is 24.3. The van der Waals surface area contributed by atoms with Crippen molar-refractivity contribution in [1.29, 1.82) is 5.53 Å². The Morgan fingerprint density at radius 3 is 2.76 bits per heavy atom. The first-order valence-corrected chi connectivity index (χ1v) is 11.2. The lowest BCUT2D eigenvalue weighted by Crippen LogP contribution is -2.59. The van der Waals surface area contributed by atoms with Gasteiger partial charge in [-0.3, -0.25) is 9.18 Å². The largest absolute Gasteiger partial charge is 0.371 e. The van der Waals surface area contributed by atoms with Crippen molar-refractivity contribution in [2.45, 2.75) is 44.7 Å². The Morgan fingerprint density at radius 2 is 2.09 bits per heavy atom. The number of nitrogens with zero attached hydrogens (tertiary/aromatic N) is 5. The molecule has 180 valence electrons. The maximum absolute atomic E-state index is 12.5. The number of fused-ring (bicyclic) bond motifs is 1. The van der Waals surface area contributed by atoms with E-state index in [4.69, 9.17) is 5.53 Å². The number of carbonyl (C=O) groups excluding carboxylic acids is 1. The molecule has 0 radical (unpaired) electrons. The Bertz CT molecular complexity index is 1200. The minimum atomic E-state index is -0.434. The van der Waals surface area contributed by atoms with E-state index in [1.165, 1.54) is 6.92 Å². The molecule has 0 aliphatic heterocycles. The molecule has 1 aliphatic rings. The number of amides is 1. The number of hydrogen-bond donors (Lipinski definition) is 5. The van der Waals surface area contributed by atoms with Crippen molar-refractivity contribution in [3.05, 3.63) is 24.4 Å². The first-order chi connectivity index (χ1) is 16.4. The molecule has 34 heavy (non-hydrogen) atoms. The van der Waals surface area contributed by atoms with Gasteiger partial charge in [-0.25, -0.2) is 15.0 Å². The molecule has 3 aromatic heterocycles. The summed E-state index contributed by atoms with van der Waals surface area (Å²) in [6.07, 6.45) is 3.75. The number of carbonyl (C=O) groups is 1. The molecule has 11 nitrogen and oxygen atoms in total. The van der Waals surface area contributed by atoms with Gasteiger partial charge in [-0.15, -0.1) is 5.10 Å². The first-order valence-electron chi connectivity index (χ1n) is 11.2. The number of pyridine rings is 1. The average molecular weight is 469 g/mol. The predicted molar refractivity (Wildman–Crippen MR) is 129 cm³/mol. The molecule has 0 atom stereocenters. The van der Waals surface area contributed by atoms with E-state index in [-0.39, 0.29) is 17.5 Å². The van der Waals surface area contributed by atoms with Crippen LogP contribution in [0.3, 0.4) is 0 Å². The second kappa shape index (κ2) is 9.57. The second-order valence-electron chi connectivity index (χ2n) is 8.69. The van der Waals surface area contributed by atoms with Crippen LogP contribution in [0.25, 0.3) is 16.8 Å². The van der Waals surface area contributed by atoms with E-state index in [2.05, 4.69) is 41.4 Å². The minimum Gasteiger partial charge on any atom is -0.371 e. The molecule has 0 saturated heterocycles. The fourth-order valence-corrected chi connectivity index (χ4v) is 4.40. The summed E-state index contributed by atoms with van der Waals surface area (Å²) in [5, 5.41) is 20.6. The molecule has 1 aliphatic carbocycles. The van der Waals surface area contributed by atoms with Crippen LogP contribution in [0.5, 0.6) is 0 Å². The van der Waals surface area contributed by atoms with E-state index < -0.39 is 6.67 Å². The number of hydrogen-bond acceptors (Lipinski definition) is 9. The third-order valence-corrected chi connectivity index (χ3v) is 5.83. The Labute approximate surface area is 196 Å². The molecule has 4 rings (SSSR count). The standard InChI is InChI=1S/C22H29FN10O/c1-13(34)30-22(2)11-14(12-22)27-21-29-20(25-3)18-15(7-10-33(18)32-21)16-5-6-17(31-24)19(28-16)26-9-4-8-23/h5-7,10,14,24H,4,8-9,11-12H2,1-3H3,(H,26,28)(H,30,34)(H2,25,27,29,32). The minimum absolute atomic E-state index is 0.0326. The van der Waals surface area contributed by atoms with Crippen LogP contribution in [-0.4, -0.2) is 57.3 Å². The van der Waals surface area contributed by atoms with Gasteiger partial charge in [0.05, 0.1) is 12.4 Å². The van der Waals surface area contributed by atoms with E-state index >= 15 is 0 Å². The maximum Gasteiger partial charge on any atom is 0.243 e. The van der Waals surface area contributed by atoms with Gasteiger partial charge in [0.25, 0.3) is 0 Å². The van der Waals surface area contributed by atoms with Crippen LogP contribution >= 0.6 is 0 Å². The van der Waals surface area contributed by atoms with Crippen LogP contribution in [-0.2, 0) is 4.79 Å². The fraction of sp³-hybridized carbons (Fsp3) is 0.455. The van der Waals surface area contributed by atoms with Gasteiger partial charge in [0.2, 0.25) is 11.9 Å². The normalized spacial score (nSPS) is 19.4. The number of halogens is 1. The van der Waals surface area contributed by atoms with Crippen molar-refractivity contribution in [3.63, 3.8) is 0 Å². The van der Waals surface area contributed by atoms with Crippen LogP contribution in [0.15, 0.2) is 29.5 Å². The lowest BCUT2D eigenvalue weighted by Gasteiger charge is -2.45. The molecule has 0 unspecified atom stereocenters. The zero-order valence-corrected chi connectivity index (χ0v) is 19.4. The number of anilines is 3. The highest BCUT2D eigenvalue weighted by atomic mass is 19.1. The predicted octanol–water partition coefficient (Wildman–Crippen LogP) is 3.74. The molecule has 3 aromatic rings. The monoisotopic (exact) mass is 468 g/mol. The topological polar surface area (TPSA) is 144 Å². The third kappa shape index (κ3) is 4.75. The van der Waals surface area contributed by atoms with Gasteiger partial charge in [0.15, 0.2) is 11.6 Å². The van der Waals surface area contributed by atoms with Crippen molar-refractivity contribution < 1.29 is 9.18 Å². The van der Waals surface area contributed by atoms with Crippen molar-refractivity contribution in [2.75, 3.05) is 36.2 Å². The van der Waals surface area contributed by atoms with Gasteiger partial charge in [0.1, 0.15) is 11.2 Å². The smallest absolute Gasteiger partial charge is 0.243 e. The number of nitrogens with one attached hydrogen (secondary N) is 5. The van der Waals surface area contributed by atoms with Gasteiger partial charge in [-0.2, -0.15) is 10.1 Å². The van der Waals surface area contributed by atoms with Crippen LogP contribution in [0, 0.1) is 5.53 Å². The van der Waals surface area contributed by atoms with E-state index in [1.54, 1.807) is 23.7 Å². The molecular weight excluding hydrogens is 439 g/mol. The Kier molecular flexibility index (Phi) is 6.57. The first kappa shape index (κ1) is 23.3. The zero-order valence-electron chi connectivity index (χ0n) is 19.4. The molecule has 3 heterocycles. The summed E-state index contributed by atoms with van der Waals surface area (Å²) in [5.74, 6) is 1.51. The van der Waals surface area contributed by atoms with Crippen molar-refractivity contribution >= 4 is 34.7 Å². The van der Waals surface area contributed by atoms with Gasteiger partial charge in [-0.05, 0) is 44.4 Å². The third-order valence-electron chi connectivity index (χ3n) is 5.83. The molecule has 1 saturated carbocycles. The van der Waals surface area contributed by atoms with Gasteiger partial charge < -0.3 is 21.3 Å². The summed E-state index contributed by atoms with van der Waals surface area (Å²) in [7, 11) is 1.79. The Hall–Kier alpha value is -3.83. The van der Waals surface area contributed by atoms with Crippen LogP contribution < -0.4 is 21.3 Å². The number of aromatic nitrogens is 4. The van der Waals surface area contributed by atoms with Crippen LogP contribution in [0.2, 0.25) is 0 Å². The van der Waals surface area contributed by atoms with Crippen molar-refractivity contribution in [3.8, 4) is 11.3 Å². The second-order valence-corrected chi connectivity index (χ2v) is 8.69. The molecule has 0 aromatic carbocycles. The quantitative estimate of drug-likeness (QED) is 0.225.